The zero-order valence-electron chi connectivity index (χ0n) is 15.7. The Bertz CT molecular complexity index is 1200. The summed E-state index contributed by atoms with van der Waals surface area (Å²) in [5.74, 6) is -0.899. The first kappa shape index (κ1) is 20.4. The lowest BCUT2D eigenvalue weighted by Gasteiger charge is -2.12. The molecule has 0 spiro atoms. The van der Waals surface area contributed by atoms with Crippen molar-refractivity contribution in [1.29, 1.82) is 0 Å². The Labute approximate surface area is 173 Å². The van der Waals surface area contributed by atoms with Crippen LogP contribution in [0.2, 0.25) is 0 Å². The molecular weight excluding hydrogens is 416 g/mol. The van der Waals surface area contributed by atoms with Crippen molar-refractivity contribution in [3.63, 3.8) is 0 Å². The van der Waals surface area contributed by atoms with Crippen LogP contribution in [0.1, 0.15) is 16.9 Å². The van der Waals surface area contributed by atoms with E-state index in [9.17, 15) is 27.2 Å². The van der Waals surface area contributed by atoms with Crippen LogP contribution in [0.4, 0.5) is 22.4 Å². The van der Waals surface area contributed by atoms with E-state index in [-0.39, 0.29) is 34.9 Å². The van der Waals surface area contributed by atoms with Crippen molar-refractivity contribution in [3.05, 3.63) is 89.1 Å². The highest BCUT2D eigenvalue weighted by atomic mass is 19.4. The lowest BCUT2D eigenvalue weighted by atomic mass is 10.1. The average Bonchev–Trinajstić information content (AvgIpc) is 3.29. The molecule has 0 aliphatic carbocycles. The second kappa shape index (κ2) is 7.75. The Kier molecular flexibility index (Phi) is 5.10. The standard InChI is InChI=1S/C22H14F4N2O3/c23-17-7-2-1-4-14(17)12-28-20(29)18(27-21(28)30)11-16-8-9-19(31-16)13-5-3-6-15(10-13)22(24,25)26/h1-11H,12H2,(H,27,30). The van der Waals surface area contributed by atoms with Gasteiger partial charge in [0.2, 0.25) is 0 Å². The van der Waals surface area contributed by atoms with Gasteiger partial charge in [0.1, 0.15) is 23.0 Å². The van der Waals surface area contributed by atoms with E-state index in [0.717, 1.165) is 17.0 Å². The molecule has 1 fully saturated rings. The maximum Gasteiger partial charge on any atom is 0.416 e. The molecule has 2 heterocycles. The van der Waals surface area contributed by atoms with Gasteiger partial charge in [-0.15, -0.1) is 0 Å². The number of amides is 3. The van der Waals surface area contributed by atoms with Gasteiger partial charge in [0.15, 0.2) is 0 Å². The molecule has 5 nitrogen and oxygen atoms in total. The van der Waals surface area contributed by atoms with Crippen LogP contribution in [0, 0.1) is 5.82 Å². The lowest BCUT2D eigenvalue weighted by Crippen LogP contribution is -2.30. The third-order valence-corrected chi connectivity index (χ3v) is 4.64. The topological polar surface area (TPSA) is 62.6 Å². The first-order valence-corrected chi connectivity index (χ1v) is 9.08. The number of alkyl halides is 3. The monoisotopic (exact) mass is 430 g/mol. The van der Waals surface area contributed by atoms with Crippen molar-refractivity contribution in [2.45, 2.75) is 12.7 Å². The summed E-state index contributed by atoms with van der Waals surface area (Å²) in [7, 11) is 0. The van der Waals surface area contributed by atoms with Gasteiger partial charge in [-0.25, -0.2) is 9.18 Å². The van der Waals surface area contributed by atoms with Crippen molar-refractivity contribution < 1.29 is 31.6 Å². The third kappa shape index (κ3) is 4.20. The Morgan fingerprint density at radius 1 is 1.00 bits per heavy atom. The molecule has 1 saturated heterocycles. The zero-order chi connectivity index (χ0) is 22.2. The molecule has 1 aliphatic rings. The Hall–Kier alpha value is -3.88. The minimum absolute atomic E-state index is 0.0914. The van der Waals surface area contributed by atoms with E-state index < -0.39 is 29.5 Å². The van der Waals surface area contributed by atoms with Crippen molar-refractivity contribution in [3.8, 4) is 11.3 Å². The molecule has 9 heteroatoms. The van der Waals surface area contributed by atoms with E-state index in [1.807, 2.05) is 0 Å². The predicted octanol–water partition coefficient (Wildman–Crippen LogP) is 5.20. The second-order valence-electron chi connectivity index (χ2n) is 6.75. The summed E-state index contributed by atoms with van der Waals surface area (Å²) in [6, 6.07) is 12.6. The molecule has 3 aromatic rings. The average molecular weight is 430 g/mol. The number of carbonyl (C=O) groups excluding carboxylic acids is 2. The highest BCUT2D eigenvalue weighted by Crippen LogP contribution is 2.33. The molecule has 1 N–H and O–H groups in total. The molecule has 4 rings (SSSR count). The van der Waals surface area contributed by atoms with Crippen LogP contribution >= 0.6 is 0 Å². The van der Waals surface area contributed by atoms with Gasteiger partial charge < -0.3 is 9.73 Å². The van der Waals surface area contributed by atoms with Crippen LogP contribution in [-0.2, 0) is 17.5 Å². The molecule has 31 heavy (non-hydrogen) atoms. The third-order valence-electron chi connectivity index (χ3n) is 4.64. The summed E-state index contributed by atoms with van der Waals surface area (Å²) >= 11 is 0. The number of rotatable bonds is 4. The van der Waals surface area contributed by atoms with E-state index in [0.29, 0.717) is 0 Å². The fourth-order valence-electron chi connectivity index (χ4n) is 3.09. The van der Waals surface area contributed by atoms with E-state index in [2.05, 4.69) is 5.32 Å². The number of nitrogens with one attached hydrogen (secondary N) is 1. The fraction of sp³-hybridized carbons (Fsp3) is 0.0909. The quantitative estimate of drug-likeness (QED) is 0.352. The van der Waals surface area contributed by atoms with Gasteiger partial charge in [-0.2, -0.15) is 13.2 Å². The summed E-state index contributed by atoms with van der Waals surface area (Å²) in [4.78, 5) is 25.6. The highest BCUT2D eigenvalue weighted by Gasteiger charge is 2.34. The van der Waals surface area contributed by atoms with Crippen LogP contribution in [0.5, 0.6) is 0 Å². The van der Waals surface area contributed by atoms with Crippen molar-refractivity contribution in [2.75, 3.05) is 0 Å². The summed E-state index contributed by atoms with van der Waals surface area (Å²) in [5.41, 5.74) is -0.519. The molecule has 0 unspecified atom stereocenters. The molecule has 1 aliphatic heterocycles. The zero-order valence-corrected chi connectivity index (χ0v) is 15.7. The number of hydrogen-bond acceptors (Lipinski definition) is 3. The van der Waals surface area contributed by atoms with E-state index >= 15 is 0 Å². The molecule has 0 atom stereocenters. The second-order valence-corrected chi connectivity index (χ2v) is 6.75. The first-order valence-electron chi connectivity index (χ1n) is 9.08. The maximum absolute atomic E-state index is 13.8. The normalized spacial score (nSPS) is 15.6. The fourth-order valence-corrected chi connectivity index (χ4v) is 3.09. The summed E-state index contributed by atoms with van der Waals surface area (Å²) in [5, 5.41) is 2.39. The van der Waals surface area contributed by atoms with Crippen molar-refractivity contribution >= 4 is 18.0 Å². The number of imide groups is 1. The van der Waals surface area contributed by atoms with Crippen LogP contribution in [0.25, 0.3) is 17.4 Å². The molecule has 158 valence electrons. The van der Waals surface area contributed by atoms with Crippen LogP contribution in [0.15, 0.2) is 70.8 Å². The number of hydrogen-bond donors (Lipinski definition) is 1. The van der Waals surface area contributed by atoms with Gasteiger partial charge >= 0.3 is 12.2 Å². The SMILES string of the molecule is O=C1NC(=Cc2ccc(-c3cccc(C(F)(F)F)c3)o2)C(=O)N1Cc1ccccc1F. The number of nitrogens with zero attached hydrogens (tertiary/aromatic N) is 1. The first-order chi connectivity index (χ1) is 14.7. The number of urea groups is 1. The molecule has 2 aromatic carbocycles. The molecule has 0 saturated carbocycles. The van der Waals surface area contributed by atoms with Gasteiger partial charge in [-0.1, -0.05) is 30.3 Å². The van der Waals surface area contributed by atoms with Crippen molar-refractivity contribution in [1.82, 2.24) is 10.2 Å². The van der Waals surface area contributed by atoms with Crippen LogP contribution in [0.3, 0.4) is 0 Å². The molecule has 0 bridgehead atoms. The number of benzene rings is 2. The largest absolute Gasteiger partial charge is 0.457 e. The van der Waals surface area contributed by atoms with E-state index in [1.54, 1.807) is 6.07 Å². The summed E-state index contributed by atoms with van der Waals surface area (Å²) in [6.07, 6.45) is -3.23. The number of carbonyl (C=O) groups is 2. The molecular formula is C22H14F4N2O3. The van der Waals surface area contributed by atoms with Gasteiger partial charge in [0.05, 0.1) is 12.1 Å². The van der Waals surface area contributed by atoms with Gasteiger partial charge in [0.25, 0.3) is 5.91 Å². The molecule has 1 aromatic heterocycles. The maximum atomic E-state index is 13.8. The minimum Gasteiger partial charge on any atom is -0.457 e. The number of furan rings is 1. The Morgan fingerprint density at radius 2 is 1.77 bits per heavy atom. The van der Waals surface area contributed by atoms with E-state index in [1.165, 1.54) is 48.5 Å². The Balaban J connectivity index is 1.55. The van der Waals surface area contributed by atoms with Gasteiger partial charge in [-0.05, 0) is 30.3 Å². The minimum atomic E-state index is -4.49. The van der Waals surface area contributed by atoms with Gasteiger partial charge in [-0.3, -0.25) is 9.69 Å². The van der Waals surface area contributed by atoms with Crippen LogP contribution in [-0.4, -0.2) is 16.8 Å². The molecule has 0 radical (unpaired) electrons. The summed E-state index contributed by atoms with van der Waals surface area (Å²) in [6.45, 7) is -0.248. The molecule has 3 amide bonds. The van der Waals surface area contributed by atoms with E-state index in [4.69, 9.17) is 4.42 Å². The van der Waals surface area contributed by atoms with Crippen molar-refractivity contribution in [2.24, 2.45) is 0 Å². The number of halogens is 4. The predicted molar refractivity (Wildman–Crippen MR) is 103 cm³/mol. The highest BCUT2D eigenvalue weighted by molar-refractivity contribution is 6.13. The smallest absolute Gasteiger partial charge is 0.416 e. The Morgan fingerprint density at radius 3 is 2.52 bits per heavy atom. The van der Waals surface area contributed by atoms with Gasteiger partial charge in [0, 0.05) is 17.2 Å². The lowest BCUT2D eigenvalue weighted by molar-refractivity contribution is -0.137. The summed E-state index contributed by atoms with van der Waals surface area (Å²) < 4.78 is 58.1. The van der Waals surface area contributed by atoms with Crippen LogP contribution < -0.4 is 5.32 Å².